The summed E-state index contributed by atoms with van der Waals surface area (Å²) in [6, 6.07) is 15.8. The van der Waals surface area contributed by atoms with E-state index in [4.69, 9.17) is 18.9 Å². The smallest absolute Gasteiger partial charge is 0.119 e. The molecule has 1 heterocycles. The van der Waals surface area contributed by atoms with Gasteiger partial charge in [0.05, 0.1) is 20.8 Å². The molecule has 25 heavy (non-hydrogen) atoms. The molecule has 0 saturated carbocycles. The first-order valence-electron chi connectivity index (χ1n) is 8.50. The van der Waals surface area contributed by atoms with E-state index in [1.54, 1.807) is 14.2 Å². The quantitative estimate of drug-likeness (QED) is 0.773. The van der Waals surface area contributed by atoms with E-state index in [9.17, 15) is 0 Å². The summed E-state index contributed by atoms with van der Waals surface area (Å²) >= 11 is 0. The summed E-state index contributed by atoms with van der Waals surface area (Å²) in [4.78, 5) is 2.40. The Labute approximate surface area is 149 Å². The fraction of sp³-hybridized carbons (Fsp3) is 0.400. The molecule has 0 unspecified atom stereocenters. The zero-order valence-corrected chi connectivity index (χ0v) is 14.8. The largest absolute Gasteiger partial charge is 0.497 e. The highest BCUT2D eigenvalue weighted by molar-refractivity contribution is 5.31. The number of hydrogen-bond donors (Lipinski definition) is 0. The van der Waals surface area contributed by atoms with Gasteiger partial charge in [0.15, 0.2) is 0 Å². The van der Waals surface area contributed by atoms with E-state index in [0.29, 0.717) is 6.61 Å². The lowest BCUT2D eigenvalue weighted by molar-refractivity contribution is -0.0504. The summed E-state index contributed by atoms with van der Waals surface area (Å²) in [5.74, 6) is 2.54. The molecule has 1 aliphatic rings. The van der Waals surface area contributed by atoms with Crippen LogP contribution in [0.3, 0.4) is 0 Å². The Balaban J connectivity index is 1.48. The van der Waals surface area contributed by atoms with Crippen molar-refractivity contribution in [2.45, 2.75) is 12.6 Å². The third kappa shape index (κ3) is 5.11. The van der Waals surface area contributed by atoms with E-state index in [2.05, 4.69) is 17.0 Å². The molecule has 0 aliphatic carbocycles. The molecule has 0 aromatic heterocycles. The maximum absolute atomic E-state index is 5.85. The number of benzene rings is 2. The van der Waals surface area contributed by atoms with Crippen LogP contribution in [0.4, 0.5) is 0 Å². The first kappa shape index (κ1) is 17.6. The molecule has 5 heteroatoms. The number of methoxy groups -OCH3 is 2. The van der Waals surface area contributed by atoms with Crippen LogP contribution >= 0.6 is 0 Å². The summed E-state index contributed by atoms with van der Waals surface area (Å²) in [6.07, 6.45) is 0.0779. The molecule has 1 atom stereocenters. The molecule has 1 saturated heterocycles. The van der Waals surface area contributed by atoms with Crippen molar-refractivity contribution in [1.29, 1.82) is 0 Å². The summed E-state index contributed by atoms with van der Waals surface area (Å²) in [7, 11) is 3.34. The van der Waals surface area contributed by atoms with E-state index in [1.807, 2.05) is 36.4 Å². The van der Waals surface area contributed by atoms with E-state index in [1.165, 1.54) is 5.56 Å². The first-order valence-corrected chi connectivity index (χ1v) is 8.50. The lowest BCUT2D eigenvalue weighted by Gasteiger charge is -2.32. The van der Waals surface area contributed by atoms with Gasteiger partial charge in [0, 0.05) is 19.6 Å². The second-order valence-corrected chi connectivity index (χ2v) is 6.06. The van der Waals surface area contributed by atoms with Crippen molar-refractivity contribution < 1.29 is 18.9 Å². The lowest BCUT2D eigenvalue weighted by Crippen LogP contribution is -2.44. The van der Waals surface area contributed by atoms with Crippen LogP contribution in [0, 0.1) is 0 Å². The van der Waals surface area contributed by atoms with Gasteiger partial charge in [-0.05, 0) is 42.0 Å². The molecule has 2 aromatic rings. The Hall–Kier alpha value is -2.24. The number of nitrogens with zero attached hydrogens (tertiary/aromatic N) is 1. The van der Waals surface area contributed by atoms with Crippen LogP contribution in [0.1, 0.15) is 5.56 Å². The van der Waals surface area contributed by atoms with Crippen molar-refractivity contribution in [2.24, 2.45) is 0 Å². The minimum absolute atomic E-state index is 0.0779. The van der Waals surface area contributed by atoms with Gasteiger partial charge in [-0.15, -0.1) is 0 Å². The summed E-state index contributed by atoms with van der Waals surface area (Å²) < 4.78 is 22.0. The molecular formula is C20H25NO4. The van der Waals surface area contributed by atoms with Gasteiger partial charge in [0.2, 0.25) is 0 Å². The molecule has 0 amide bonds. The van der Waals surface area contributed by atoms with Crippen LogP contribution in [0.5, 0.6) is 17.2 Å². The molecule has 0 radical (unpaired) electrons. The number of morpholine rings is 1. The van der Waals surface area contributed by atoms with Gasteiger partial charge in [0.1, 0.15) is 30.0 Å². The Morgan fingerprint density at radius 3 is 2.16 bits per heavy atom. The second kappa shape index (κ2) is 8.74. The van der Waals surface area contributed by atoms with Gasteiger partial charge in [-0.2, -0.15) is 0 Å². The van der Waals surface area contributed by atoms with Crippen molar-refractivity contribution in [3.05, 3.63) is 54.1 Å². The van der Waals surface area contributed by atoms with Crippen LogP contribution in [0.2, 0.25) is 0 Å². The lowest BCUT2D eigenvalue weighted by atomic mass is 10.2. The van der Waals surface area contributed by atoms with Gasteiger partial charge in [-0.3, -0.25) is 4.90 Å². The Kier molecular flexibility index (Phi) is 6.14. The van der Waals surface area contributed by atoms with E-state index < -0.39 is 0 Å². The number of rotatable bonds is 7. The highest BCUT2D eigenvalue weighted by Gasteiger charge is 2.21. The number of hydrogen-bond acceptors (Lipinski definition) is 5. The third-order valence-corrected chi connectivity index (χ3v) is 4.28. The van der Waals surface area contributed by atoms with Gasteiger partial charge < -0.3 is 18.9 Å². The van der Waals surface area contributed by atoms with Crippen molar-refractivity contribution in [1.82, 2.24) is 4.90 Å². The van der Waals surface area contributed by atoms with Crippen molar-refractivity contribution >= 4 is 0 Å². The highest BCUT2D eigenvalue weighted by atomic mass is 16.5. The zero-order chi connectivity index (χ0) is 17.5. The van der Waals surface area contributed by atoms with Crippen LogP contribution in [-0.2, 0) is 11.3 Å². The fourth-order valence-electron chi connectivity index (χ4n) is 2.88. The molecule has 134 valence electrons. The average molecular weight is 343 g/mol. The monoisotopic (exact) mass is 343 g/mol. The standard InChI is InChI=1S/C20H25NO4/c1-22-17-5-3-16(4-6-17)13-21-11-12-24-20(14-21)15-25-19-9-7-18(23-2)8-10-19/h3-10,20H,11-15H2,1-2H3/t20-/m0/s1. The third-order valence-electron chi connectivity index (χ3n) is 4.28. The molecular weight excluding hydrogens is 318 g/mol. The first-order chi connectivity index (χ1) is 12.3. The molecule has 5 nitrogen and oxygen atoms in total. The molecule has 1 aliphatic heterocycles. The molecule has 1 fully saturated rings. The summed E-state index contributed by atoms with van der Waals surface area (Å²) in [5.41, 5.74) is 1.28. The Morgan fingerprint density at radius 2 is 1.52 bits per heavy atom. The summed E-state index contributed by atoms with van der Waals surface area (Å²) in [6.45, 7) is 3.98. The molecule has 0 bridgehead atoms. The molecule has 0 spiro atoms. The predicted octanol–water partition coefficient (Wildman–Crippen LogP) is 2.98. The van der Waals surface area contributed by atoms with Crippen molar-refractivity contribution in [3.63, 3.8) is 0 Å². The van der Waals surface area contributed by atoms with Crippen LogP contribution in [0.15, 0.2) is 48.5 Å². The van der Waals surface area contributed by atoms with Crippen molar-refractivity contribution in [3.8, 4) is 17.2 Å². The Bertz CT molecular complexity index is 642. The van der Waals surface area contributed by atoms with E-state index in [-0.39, 0.29) is 6.10 Å². The SMILES string of the molecule is COc1ccc(CN2CCO[C@H](COc3ccc(OC)cc3)C2)cc1. The fourth-order valence-corrected chi connectivity index (χ4v) is 2.88. The minimum atomic E-state index is 0.0779. The minimum Gasteiger partial charge on any atom is -0.497 e. The van der Waals surface area contributed by atoms with Crippen LogP contribution in [0.25, 0.3) is 0 Å². The highest BCUT2D eigenvalue weighted by Crippen LogP contribution is 2.19. The normalized spacial score (nSPS) is 17.9. The van der Waals surface area contributed by atoms with Crippen LogP contribution in [-0.4, -0.2) is 51.5 Å². The van der Waals surface area contributed by atoms with Gasteiger partial charge in [0.25, 0.3) is 0 Å². The van der Waals surface area contributed by atoms with Crippen LogP contribution < -0.4 is 14.2 Å². The van der Waals surface area contributed by atoms with Gasteiger partial charge in [-0.1, -0.05) is 12.1 Å². The number of ether oxygens (including phenoxy) is 4. The predicted molar refractivity (Wildman–Crippen MR) is 96.5 cm³/mol. The zero-order valence-electron chi connectivity index (χ0n) is 14.8. The van der Waals surface area contributed by atoms with E-state index in [0.717, 1.165) is 43.5 Å². The van der Waals surface area contributed by atoms with E-state index >= 15 is 0 Å². The maximum Gasteiger partial charge on any atom is 0.119 e. The average Bonchev–Trinajstić information content (AvgIpc) is 2.68. The topological polar surface area (TPSA) is 40.2 Å². The Morgan fingerprint density at radius 1 is 0.920 bits per heavy atom. The molecule has 0 N–H and O–H groups in total. The molecule has 2 aromatic carbocycles. The van der Waals surface area contributed by atoms with Crippen molar-refractivity contribution in [2.75, 3.05) is 40.5 Å². The second-order valence-electron chi connectivity index (χ2n) is 6.06. The van der Waals surface area contributed by atoms with Gasteiger partial charge >= 0.3 is 0 Å². The summed E-state index contributed by atoms with van der Waals surface area (Å²) in [5, 5.41) is 0. The van der Waals surface area contributed by atoms with Gasteiger partial charge in [-0.25, -0.2) is 0 Å². The molecule has 3 rings (SSSR count). The maximum atomic E-state index is 5.85.